The van der Waals surface area contributed by atoms with Crippen LogP contribution in [0, 0.1) is 0 Å². The van der Waals surface area contributed by atoms with Crippen LogP contribution >= 0.6 is 11.6 Å². The summed E-state index contributed by atoms with van der Waals surface area (Å²) in [6.07, 6.45) is -1.43. The highest BCUT2D eigenvalue weighted by Crippen LogP contribution is 2.32. The van der Waals surface area contributed by atoms with Crippen LogP contribution in [0.4, 0.5) is 5.69 Å². The first-order valence-electron chi connectivity index (χ1n) is 6.91. The van der Waals surface area contributed by atoms with Gasteiger partial charge in [0.1, 0.15) is 0 Å². The van der Waals surface area contributed by atoms with Crippen LogP contribution in [-0.2, 0) is 6.54 Å². The fourth-order valence-corrected chi connectivity index (χ4v) is 2.68. The van der Waals surface area contributed by atoms with Gasteiger partial charge in [-0.3, -0.25) is 0 Å². The zero-order valence-electron chi connectivity index (χ0n) is 12.2. The summed E-state index contributed by atoms with van der Waals surface area (Å²) in [5, 5.41) is 23.5. The van der Waals surface area contributed by atoms with Crippen molar-refractivity contribution in [2.45, 2.75) is 45.1 Å². The zero-order valence-corrected chi connectivity index (χ0v) is 13.0. The predicted molar refractivity (Wildman–Crippen MR) is 82.3 cm³/mol. The molecule has 0 radical (unpaired) electrons. The zero-order chi connectivity index (χ0) is 14.9. The van der Waals surface area contributed by atoms with Gasteiger partial charge in [-0.05, 0) is 32.4 Å². The molecule has 1 heterocycles. The molecule has 5 heteroatoms. The van der Waals surface area contributed by atoms with Gasteiger partial charge < -0.3 is 20.4 Å². The van der Waals surface area contributed by atoms with Crippen molar-refractivity contribution in [1.82, 2.24) is 5.32 Å². The number of halogens is 1. The molecule has 1 aliphatic heterocycles. The number of hydrogen-bond donors (Lipinski definition) is 3. The summed E-state index contributed by atoms with van der Waals surface area (Å²) in [5.41, 5.74) is 2.00. The molecular formula is C15H23ClN2O2. The maximum Gasteiger partial charge on any atom is 0.0990 e. The Morgan fingerprint density at radius 2 is 1.85 bits per heavy atom. The summed E-state index contributed by atoms with van der Waals surface area (Å²) >= 11 is 6.32. The Morgan fingerprint density at radius 1 is 1.25 bits per heavy atom. The lowest BCUT2D eigenvalue weighted by molar-refractivity contribution is 0.0572. The topological polar surface area (TPSA) is 55.7 Å². The highest BCUT2D eigenvalue weighted by molar-refractivity contribution is 6.33. The fraction of sp³-hybridized carbons (Fsp3) is 0.600. The summed E-state index contributed by atoms with van der Waals surface area (Å²) in [4.78, 5) is 1.96. The Hall–Kier alpha value is -0.810. The minimum absolute atomic E-state index is 0.0175. The number of hydrogen-bond acceptors (Lipinski definition) is 4. The third-order valence-corrected chi connectivity index (χ3v) is 3.76. The molecule has 1 aliphatic rings. The average Bonchev–Trinajstić information content (AvgIpc) is 2.65. The van der Waals surface area contributed by atoms with Crippen molar-refractivity contribution in [3.05, 3.63) is 28.8 Å². The second-order valence-corrected chi connectivity index (χ2v) is 6.80. The minimum atomic E-state index is -0.713. The van der Waals surface area contributed by atoms with Gasteiger partial charge >= 0.3 is 0 Å². The van der Waals surface area contributed by atoms with E-state index >= 15 is 0 Å². The van der Waals surface area contributed by atoms with Gasteiger partial charge in [-0.25, -0.2) is 0 Å². The van der Waals surface area contributed by atoms with Crippen LogP contribution in [0.5, 0.6) is 0 Å². The van der Waals surface area contributed by atoms with Crippen LogP contribution in [-0.4, -0.2) is 41.0 Å². The Bertz CT molecular complexity index is 463. The van der Waals surface area contributed by atoms with E-state index < -0.39 is 12.2 Å². The summed E-state index contributed by atoms with van der Waals surface area (Å²) in [6, 6.07) is 5.79. The maximum atomic E-state index is 9.72. The number of rotatable bonds is 3. The fourth-order valence-electron chi connectivity index (χ4n) is 2.37. The average molecular weight is 299 g/mol. The van der Waals surface area contributed by atoms with E-state index in [1.165, 1.54) is 0 Å². The molecule has 1 saturated heterocycles. The van der Waals surface area contributed by atoms with E-state index in [1.54, 1.807) is 0 Å². The Labute approximate surface area is 125 Å². The molecule has 2 unspecified atom stereocenters. The number of aliphatic hydroxyl groups is 2. The molecule has 0 spiro atoms. The molecule has 4 nitrogen and oxygen atoms in total. The van der Waals surface area contributed by atoms with Gasteiger partial charge in [0.05, 0.1) is 22.9 Å². The number of para-hydroxylation sites is 1. The van der Waals surface area contributed by atoms with E-state index in [0.29, 0.717) is 24.7 Å². The number of nitrogens with one attached hydrogen (secondary N) is 1. The van der Waals surface area contributed by atoms with Crippen molar-refractivity contribution in [2.75, 3.05) is 18.0 Å². The Kier molecular flexibility index (Phi) is 4.59. The summed E-state index contributed by atoms with van der Waals surface area (Å²) < 4.78 is 0. The van der Waals surface area contributed by atoms with Crippen molar-refractivity contribution < 1.29 is 10.2 Å². The molecule has 3 N–H and O–H groups in total. The number of β-amino-alcohol motifs (C(OH)–C–C–N with tert-alkyl or cyclic N) is 2. The summed E-state index contributed by atoms with van der Waals surface area (Å²) in [5.74, 6) is 0. The van der Waals surface area contributed by atoms with E-state index in [-0.39, 0.29) is 5.54 Å². The highest BCUT2D eigenvalue weighted by atomic mass is 35.5. The van der Waals surface area contributed by atoms with Crippen LogP contribution in [0.3, 0.4) is 0 Å². The maximum absolute atomic E-state index is 9.72. The lowest BCUT2D eigenvalue weighted by atomic mass is 10.1. The SMILES string of the molecule is CC(C)(C)NCc1cccc(Cl)c1N1CC(O)C(O)C1. The number of aliphatic hydroxyl groups excluding tert-OH is 2. The molecule has 0 saturated carbocycles. The van der Waals surface area contributed by atoms with Crippen LogP contribution in [0.15, 0.2) is 18.2 Å². The Balaban J connectivity index is 2.23. The first-order valence-corrected chi connectivity index (χ1v) is 7.29. The van der Waals surface area contributed by atoms with E-state index in [9.17, 15) is 10.2 Å². The third kappa shape index (κ3) is 3.64. The first-order chi connectivity index (χ1) is 9.28. The van der Waals surface area contributed by atoms with Gasteiger partial charge in [0.25, 0.3) is 0 Å². The summed E-state index contributed by atoms with van der Waals surface area (Å²) in [7, 11) is 0. The van der Waals surface area contributed by atoms with Gasteiger partial charge in [-0.15, -0.1) is 0 Å². The van der Waals surface area contributed by atoms with Gasteiger partial charge in [-0.1, -0.05) is 23.7 Å². The first kappa shape index (κ1) is 15.6. The number of benzene rings is 1. The van der Waals surface area contributed by atoms with Crippen molar-refractivity contribution in [3.63, 3.8) is 0 Å². The van der Waals surface area contributed by atoms with Crippen LogP contribution < -0.4 is 10.2 Å². The predicted octanol–water partition coefficient (Wildman–Crippen LogP) is 1.77. The lowest BCUT2D eigenvalue weighted by Crippen LogP contribution is -2.35. The Morgan fingerprint density at radius 3 is 2.40 bits per heavy atom. The van der Waals surface area contributed by atoms with Gasteiger partial charge in [0.2, 0.25) is 0 Å². The third-order valence-electron chi connectivity index (χ3n) is 3.45. The standard InChI is InChI=1S/C15H23ClN2O2/c1-15(2,3)17-7-10-5-4-6-11(16)14(10)18-8-12(19)13(20)9-18/h4-6,12-13,17,19-20H,7-9H2,1-3H3. The molecular weight excluding hydrogens is 276 g/mol. The molecule has 0 amide bonds. The van der Waals surface area contributed by atoms with E-state index in [2.05, 4.69) is 26.1 Å². The second-order valence-electron chi connectivity index (χ2n) is 6.39. The quantitative estimate of drug-likeness (QED) is 0.796. The van der Waals surface area contributed by atoms with Crippen molar-refractivity contribution >= 4 is 17.3 Å². The molecule has 2 atom stereocenters. The normalized spacial score (nSPS) is 23.4. The van der Waals surface area contributed by atoms with Crippen molar-refractivity contribution in [2.24, 2.45) is 0 Å². The van der Waals surface area contributed by atoms with Crippen LogP contribution in [0.25, 0.3) is 0 Å². The molecule has 0 bridgehead atoms. The van der Waals surface area contributed by atoms with Crippen LogP contribution in [0.1, 0.15) is 26.3 Å². The highest BCUT2D eigenvalue weighted by Gasteiger charge is 2.31. The molecule has 0 aromatic heterocycles. The van der Waals surface area contributed by atoms with Crippen molar-refractivity contribution in [1.29, 1.82) is 0 Å². The second kappa shape index (κ2) is 5.90. The largest absolute Gasteiger partial charge is 0.389 e. The smallest absolute Gasteiger partial charge is 0.0990 e. The minimum Gasteiger partial charge on any atom is -0.389 e. The molecule has 0 aliphatic carbocycles. The van der Waals surface area contributed by atoms with Gasteiger partial charge in [0.15, 0.2) is 0 Å². The van der Waals surface area contributed by atoms with E-state index in [1.807, 2.05) is 23.1 Å². The van der Waals surface area contributed by atoms with Gasteiger partial charge in [0, 0.05) is 25.2 Å². The molecule has 1 fully saturated rings. The monoisotopic (exact) mass is 298 g/mol. The van der Waals surface area contributed by atoms with E-state index in [0.717, 1.165) is 11.3 Å². The van der Waals surface area contributed by atoms with Gasteiger partial charge in [-0.2, -0.15) is 0 Å². The molecule has 20 heavy (non-hydrogen) atoms. The summed E-state index contributed by atoms with van der Waals surface area (Å²) in [6.45, 7) is 7.85. The molecule has 2 rings (SSSR count). The molecule has 1 aromatic carbocycles. The number of nitrogens with zero attached hydrogens (tertiary/aromatic N) is 1. The molecule has 1 aromatic rings. The van der Waals surface area contributed by atoms with E-state index in [4.69, 9.17) is 11.6 Å². The molecule has 112 valence electrons. The number of anilines is 1. The van der Waals surface area contributed by atoms with Crippen LogP contribution in [0.2, 0.25) is 5.02 Å². The van der Waals surface area contributed by atoms with Crippen molar-refractivity contribution in [3.8, 4) is 0 Å². The lowest BCUT2D eigenvalue weighted by Gasteiger charge is -2.26.